The van der Waals surface area contributed by atoms with E-state index in [0.29, 0.717) is 23.7 Å². The van der Waals surface area contributed by atoms with Gasteiger partial charge in [-0.2, -0.15) is 0 Å². The second-order valence-corrected chi connectivity index (χ2v) is 8.72. The number of carboxylic acids is 1. The van der Waals surface area contributed by atoms with Gasteiger partial charge in [0.15, 0.2) is 23.7 Å². The summed E-state index contributed by atoms with van der Waals surface area (Å²) in [5, 5.41) is 10.0. The molecule has 1 saturated carbocycles. The van der Waals surface area contributed by atoms with Crippen LogP contribution in [0.2, 0.25) is 0 Å². The first kappa shape index (κ1) is 27.5. The van der Waals surface area contributed by atoms with Gasteiger partial charge in [-0.3, -0.25) is 9.59 Å². The summed E-state index contributed by atoms with van der Waals surface area (Å²) in [4.78, 5) is 25.1. The van der Waals surface area contributed by atoms with E-state index < -0.39 is 30.1 Å². The molecular formula is C28H36O8. The van der Waals surface area contributed by atoms with E-state index in [2.05, 4.69) is 12.1 Å². The number of aliphatic carboxylic acids is 1. The largest absolute Gasteiger partial charge is 0.493 e. The van der Waals surface area contributed by atoms with Crippen LogP contribution in [-0.2, 0) is 29.2 Å². The van der Waals surface area contributed by atoms with Gasteiger partial charge in [-0.05, 0) is 56.9 Å². The predicted molar refractivity (Wildman–Crippen MR) is 133 cm³/mol. The molecule has 1 aliphatic rings. The highest BCUT2D eigenvalue weighted by Crippen LogP contribution is 2.49. The molecule has 1 aliphatic carbocycles. The van der Waals surface area contributed by atoms with Crippen LogP contribution in [0.3, 0.4) is 0 Å². The number of carbonyl (C=O) groups is 2. The smallest absolute Gasteiger partial charge is 0.321 e. The van der Waals surface area contributed by atoms with Crippen molar-refractivity contribution in [2.75, 3.05) is 33.5 Å². The normalized spacial score (nSPS) is 15.7. The number of rotatable bonds is 15. The summed E-state index contributed by atoms with van der Waals surface area (Å²) in [6, 6.07) is 15.4. The van der Waals surface area contributed by atoms with Crippen LogP contribution in [0.15, 0.2) is 48.5 Å². The van der Waals surface area contributed by atoms with Crippen molar-refractivity contribution in [2.24, 2.45) is 5.92 Å². The van der Waals surface area contributed by atoms with E-state index >= 15 is 0 Å². The molecule has 196 valence electrons. The van der Waals surface area contributed by atoms with Crippen LogP contribution in [0, 0.1) is 5.92 Å². The first-order chi connectivity index (χ1) is 17.4. The number of methoxy groups -OCH3 is 1. The Labute approximate surface area is 212 Å². The summed E-state index contributed by atoms with van der Waals surface area (Å²) < 4.78 is 28.5. The number of carbonyl (C=O) groups excluding carboxylic acids is 1. The second-order valence-electron chi connectivity index (χ2n) is 8.72. The van der Waals surface area contributed by atoms with Gasteiger partial charge in [-0.1, -0.05) is 36.4 Å². The van der Waals surface area contributed by atoms with Gasteiger partial charge in [0, 0.05) is 18.6 Å². The average Bonchev–Trinajstić information content (AvgIpc) is 3.67. The maximum absolute atomic E-state index is 12.8. The van der Waals surface area contributed by atoms with Crippen LogP contribution >= 0.6 is 0 Å². The molecule has 0 saturated heterocycles. The van der Waals surface area contributed by atoms with Crippen LogP contribution in [0.25, 0.3) is 0 Å². The summed E-state index contributed by atoms with van der Waals surface area (Å²) in [7, 11) is 1.55. The molecule has 2 atom stereocenters. The van der Waals surface area contributed by atoms with Crippen molar-refractivity contribution >= 4 is 11.9 Å². The fraction of sp³-hybridized carbons (Fsp3) is 0.500. The minimum absolute atomic E-state index is 0.0574. The molecule has 3 rings (SSSR count). The fourth-order valence-electron chi connectivity index (χ4n) is 4.41. The van der Waals surface area contributed by atoms with Crippen molar-refractivity contribution in [3.05, 3.63) is 59.7 Å². The monoisotopic (exact) mass is 500 g/mol. The first-order valence-electron chi connectivity index (χ1n) is 12.4. The quantitative estimate of drug-likeness (QED) is 0.216. The summed E-state index contributed by atoms with van der Waals surface area (Å²) in [6.07, 6.45) is 1.05. The Kier molecular flexibility index (Phi) is 9.73. The lowest BCUT2D eigenvalue weighted by atomic mass is 9.84. The van der Waals surface area contributed by atoms with E-state index in [1.807, 2.05) is 18.2 Å². The van der Waals surface area contributed by atoms with Gasteiger partial charge in [0.1, 0.15) is 0 Å². The molecule has 8 nitrogen and oxygen atoms in total. The molecule has 1 N–H and O–H groups in total. The summed E-state index contributed by atoms with van der Waals surface area (Å²) in [5.74, 6) is -3.70. The van der Waals surface area contributed by atoms with E-state index in [1.54, 1.807) is 46.1 Å². The van der Waals surface area contributed by atoms with Crippen molar-refractivity contribution in [1.29, 1.82) is 0 Å². The van der Waals surface area contributed by atoms with Gasteiger partial charge >= 0.3 is 11.9 Å². The molecule has 0 heterocycles. The van der Waals surface area contributed by atoms with E-state index in [0.717, 1.165) is 12.8 Å². The highest BCUT2D eigenvalue weighted by molar-refractivity contribution is 5.95. The van der Waals surface area contributed by atoms with Crippen LogP contribution in [-0.4, -0.2) is 56.9 Å². The third kappa shape index (κ3) is 6.36. The summed E-state index contributed by atoms with van der Waals surface area (Å²) >= 11 is 0. The minimum Gasteiger partial charge on any atom is -0.493 e. The SMILES string of the molecule is CCOC(=O)C(C(=O)O)C(c1ccc(OC)c(OCC2(c3ccccc3)CC2)c1)C(OCC)OCC. The molecule has 2 aromatic rings. The molecule has 0 radical (unpaired) electrons. The van der Waals surface area contributed by atoms with E-state index in [-0.39, 0.29) is 25.2 Å². The number of esters is 1. The third-order valence-corrected chi connectivity index (χ3v) is 6.44. The van der Waals surface area contributed by atoms with Gasteiger partial charge in [0.2, 0.25) is 0 Å². The molecule has 8 heteroatoms. The average molecular weight is 501 g/mol. The maximum Gasteiger partial charge on any atom is 0.321 e. The third-order valence-electron chi connectivity index (χ3n) is 6.44. The molecule has 36 heavy (non-hydrogen) atoms. The highest BCUT2D eigenvalue weighted by Gasteiger charge is 2.46. The van der Waals surface area contributed by atoms with Gasteiger partial charge in [0.05, 0.1) is 26.2 Å². The maximum atomic E-state index is 12.8. The van der Waals surface area contributed by atoms with Crippen molar-refractivity contribution in [1.82, 2.24) is 0 Å². The lowest BCUT2D eigenvalue weighted by molar-refractivity contribution is -0.181. The zero-order chi connectivity index (χ0) is 26.1. The molecule has 1 fully saturated rings. The van der Waals surface area contributed by atoms with Gasteiger partial charge in [0.25, 0.3) is 0 Å². The molecule has 2 aromatic carbocycles. The summed E-state index contributed by atoms with van der Waals surface area (Å²) in [6.45, 7) is 6.25. The molecule has 0 bridgehead atoms. The second kappa shape index (κ2) is 12.7. The Hall–Kier alpha value is -3.10. The van der Waals surface area contributed by atoms with Crippen molar-refractivity contribution in [2.45, 2.75) is 51.2 Å². The summed E-state index contributed by atoms with van der Waals surface area (Å²) in [5.41, 5.74) is 1.68. The van der Waals surface area contributed by atoms with Crippen LogP contribution < -0.4 is 9.47 Å². The Balaban J connectivity index is 1.98. The minimum atomic E-state index is -1.53. The Morgan fingerprint density at radius 2 is 1.61 bits per heavy atom. The van der Waals surface area contributed by atoms with E-state index in [9.17, 15) is 14.7 Å². The van der Waals surface area contributed by atoms with Crippen molar-refractivity contribution in [3.8, 4) is 11.5 Å². The van der Waals surface area contributed by atoms with Gasteiger partial charge in [-0.15, -0.1) is 0 Å². The lowest BCUT2D eigenvalue weighted by Crippen LogP contribution is -2.40. The van der Waals surface area contributed by atoms with Crippen molar-refractivity contribution < 1.29 is 38.4 Å². The lowest BCUT2D eigenvalue weighted by Gasteiger charge is -2.31. The number of hydrogen-bond donors (Lipinski definition) is 1. The number of hydrogen-bond acceptors (Lipinski definition) is 7. The highest BCUT2D eigenvalue weighted by atomic mass is 16.7. The van der Waals surface area contributed by atoms with Gasteiger partial charge < -0.3 is 28.8 Å². The Morgan fingerprint density at radius 3 is 2.14 bits per heavy atom. The van der Waals surface area contributed by atoms with Crippen LogP contribution in [0.1, 0.15) is 50.7 Å². The molecule has 0 aromatic heterocycles. The standard InChI is InChI=1S/C28H36O8/c1-5-33-26(31)24(25(29)30)23(27(34-6-2)35-7-3)19-13-14-21(32-4)22(17-19)36-18-28(15-16-28)20-11-9-8-10-12-20/h8-14,17,23-24,27H,5-7,15-16,18H2,1-4H3,(H,29,30). The van der Waals surface area contributed by atoms with Crippen LogP contribution in [0.5, 0.6) is 11.5 Å². The van der Waals surface area contributed by atoms with E-state index in [1.165, 1.54) is 5.56 Å². The van der Waals surface area contributed by atoms with Crippen LogP contribution in [0.4, 0.5) is 0 Å². The Bertz CT molecular complexity index is 996. The fourth-order valence-corrected chi connectivity index (χ4v) is 4.41. The molecule has 0 aliphatic heterocycles. The first-order valence-corrected chi connectivity index (χ1v) is 12.4. The zero-order valence-corrected chi connectivity index (χ0v) is 21.4. The molecule has 2 unspecified atom stereocenters. The topological polar surface area (TPSA) is 101 Å². The molecular weight excluding hydrogens is 464 g/mol. The molecule has 0 amide bonds. The molecule has 0 spiro atoms. The van der Waals surface area contributed by atoms with E-state index in [4.69, 9.17) is 23.7 Å². The number of benzene rings is 2. The zero-order valence-electron chi connectivity index (χ0n) is 21.4. The predicted octanol–water partition coefficient (Wildman–Crippen LogP) is 4.55. The number of ether oxygens (including phenoxy) is 5. The number of carboxylic acid groups (broad SMARTS) is 1. The van der Waals surface area contributed by atoms with Crippen molar-refractivity contribution in [3.63, 3.8) is 0 Å². The van der Waals surface area contributed by atoms with Gasteiger partial charge in [-0.25, -0.2) is 0 Å². The Morgan fingerprint density at radius 1 is 0.944 bits per heavy atom.